The van der Waals surface area contributed by atoms with Crippen LogP contribution in [0.25, 0.3) is 0 Å². The van der Waals surface area contributed by atoms with Crippen LogP contribution in [0.1, 0.15) is 37.6 Å². The van der Waals surface area contributed by atoms with Gasteiger partial charge in [0.05, 0.1) is 11.3 Å². The molecule has 0 fully saturated rings. The lowest BCUT2D eigenvalue weighted by molar-refractivity contribution is 0.0963. The third kappa shape index (κ3) is 3.88. The summed E-state index contributed by atoms with van der Waals surface area (Å²) in [5.74, 6) is 0.511. The Balaban J connectivity index is 3.13. The van der Waals surface area contributed by atoms with Gasteiger partial charge in [0.15, 0.2) is 0 Å². The van der Waals surface area contributed by atoms with Crippen LogP contribution >= 0.6 is 0 Å². The number of hydrogen-bond acceptors (Lipinski definition) is 3. The first-order chi connectivity index (χ1) is 9.03. The van der Waals surface area contributed by atoms with Crippen molar-refractivity contribution in [2.24, 2.45) is 5.92 Å². The summed E-state index contributed by atoms with van der Waals surface area (Å²) >= 11 is 0. The van der Waals surface area contributed by atoms with Crippen LogP contribution in [0.15, 0.2) is 18.2 Å². The minimum Gasteiger partial charge on any atom is -0.399 e. The fraction of sp³-hybridized carbons (Fsp3) is 0.533. The van der Waals surface area contributed by atoms with Crippen molar-refractivity contribution in [2.75, 3.05) is 30.8 Å². The lowest BCUT2D eigenvalue weighted by Gasteiger charge is -2.28. The molecule has 19 heavy (non-hydrogen) atoms. The molecule has 0 aliphatic carbocycles. The average molecular weight is 263 g/mol. The molecule has 0 aromatic heterocycles. The highest BCUT2D eigenvalue weighted by molar-refractivity contribution is 6.00. The molecule has 0 saturated carbocycles. The van der Waals surface area contributed by atoms with E-state index < -0.39 is 0 Å². The second kappa shape index (κ2) is 7.02. The molecule has 0 saturated heterocycles. The number of rotatable bonds is 6. The third-order valence-corrected chi connectivity index (χ3v) is 3.44. The molecule has 1 rings (SSSR count). The maximum Gasteiger partial charge on any atom is 0.253 e. The first-order valence-corrected chi connectivity index (χ1v) is 6.89. The molecule has 3 N–H and O–H groups in total. The second-order valence-corrected chi connectivity index (χ2v) is 4.91. The van der Waals surface area contributed by atoms with Crippen molar-refractivity contribution in [1.82, 2.24) is 5.32 Å². The van der Waals surface area contributed by atoms with E-state index in [-0.39, 0.29) is 5.91 Å². The minimum atomic E-state index is -0.0717. The number of hydrogen-bond donors (Lipinski definition) is 2. The first-order valence-electron chi connectivity index (χ1n) is 6.89. The van der Waals surface area contributed by atoms with E-state index in [0.717, 1.165) is 25.2 Å². The van der Waals surface area contributed by atoms with Gasteiger partial charge in [-0.3, -0.25) is 4.79 Å². The lowest BCUT2D eigenvalue weighted by Crippen LogP contribution is -2.31. The highest BCUT2D eigenvalue weighted by atomic mass is 16.1. The van der Waals surface area contributed by atoms with Gasteiger partial charge in [0, 0.05) is 25.8 Å². The Morgan fingerprint density at radius 3 is 2.63 bits per heavy atom. The molecule has 0 heterocycles. The van der Waals surface area contributed by atoms with Gasteiger partial charge in [-0.1, -0.05) is 20.3 Å². The number of nitrogens with one attached hydrogen (secondary N) is 1. The smallest absolute Gasteiger partial charge is 0.253 e. The van der Waals surface area contributed by atoms with E-state index >= 15 is 0 Å². The van der Waals surface area contributed by atoms with E-state index in [4.69, 9.17) is 5.73 Å². The van der Waals surface area contributed by atoms with Crippen molar-refractivity contribution in [1.29, 1.82) is 0 Å². The fourth-order valence-electron chi connectivity index (χ4n) is 2.04. The predicted octanol–water partition coefficient (Wildman–Crippen LogP) is 2.50. The number of carbonyl (C=O) groups is 1. The number of amides is 1. The summed E-state index contributed by atoms with van der Waals surface area (Å²) in [6, 6.07) is 5.45. The van der Waals surface area contributed by atoms with Gasteiger partial charge in [0.2, 0.25) is 0 Å². The zero-order chi connectivity index (χ0) is 14.4. The quantitative estimate of drug-likeness (QED) is 0.775. The molecule has 106 valence electrons. The Hall–Kier alpha value is -1.71. The van der Waals surface area contributed by atoms with Gasteiger partial charge in [-0.05, 0) is 31.0 Å². The van der Waals surface area contributed by atoms with E-state index in [1.807, 2.05) is 6.07 Å². The molecule has 0 radical (unpaired) electrons. The van der Waals surface area contributed by atoms with Gasteiger partial charge < -0.3 is 16.0 Å². The van der Waals surface area contributed by atoms with Crippen LogP contribution in [0.4, 0.5) is 11.4 Å². The molecule has 1 aromatic carbocycles. The van der Waals surface area contributed by atoms with Gasteiger partial charge in [-0.2, -0.15) is 0 Å². The van der Waals surface area contributed by atoms with Gasteiger partial charge in [0.1, 0.15) is 0 Å². The van der Waals surface area contributed by atoms with Crippen molar-refractivity contribution < 1.29 is 4.79 Å². The number of benzene rings is 1. The maximum atomic E-state index is 11.9. The van der Waals surface area contributed by atoms with Crippen molar-refractivity contribution >= 4 is 17.3 Å². The van der Waals surface area contributed by atoms with Crippen molar-refractivity contribution in [3.05, 3.63) is 23.8 Å². The molecular formula is C15H25N3O. The Kier molecular flexibility index (Phi) is 5.67. The van der Waals surface area contributed by atoms with E-state index in [1.54, 1.807) is 19.2 Å². The zero-order valence-electron chi connectivity index (χ0n) is 12.4. The fourth-order valence-corrected chi connectivity index (χ4v) is 2.04. The molecule has 1 aromatic rings. The summed E-state index contributed by atoms with van der Waals surface area (Å²) in [6.45, 7) is 8.28. The molecule has 0 aliphatic heterocycles. The number of nitrogens with two attached hydrogens (primary N) is 1. The number of anilines is 2. The largest absolute Gasteiger partial charge is 0.399 e. The number of carbonyl (C=O) groups excluding carboxylic acids is 1. The molecule has 0 spiro atoms. The molecule has 4 nitrogen and oxygen atoms in total. The van der Waals surface area contributed by atoms with Crippen LogP contribution in [-0.2, 0) is 0 Å². The normalized spacial score (nSPS) is 12.0. The van der Waals surface area contributed by atoms with Gasteiger partial charge in [-0.25, -0.2) is 0 Å². The summed E-state index contributed by atoms with van der Waals surface area (Å²) in [7, 11) is 1.65. The first kappa shape index (κ1) is 15.3. The van der Waals surface area contributed by atoms with Crippen LogP contribution in [0.2, 0.25) is 0 Å². The second-order valence-electron chi connectivity index (χ2n) is 4.91. The van der Waals surface area contributed by atoms with Gasteiger partial charge in [-0.15, -0.1) is 0 Å². The SMILES string of the molecule is CCC(C)CN(CC)c1cc(N)ccc1C(=O)NC. The summed E-state index contributed by atoms with van der Waals surface area (Å²) in [4.78, 5) is 14.2. The molecular weight excluding hydrogens is 238 g/mol. The highest BCUT2D eigenvalue weighted by Crippen LogP contribution is 2.25. The number of nitrogens with zero attached hydrogens (tertiary/aromatic N) is 1. The van der Waals surface area contributed by atoms with Crippen LogP contribution in [-0.4, -0.2) is 26.0 Å². The van der Waals surface area contributed by atoms with E-state index in [0.29, 0.717) is 17.2 Å². The maximum absolute atomic E-state index is 11.9. The third-order valence-electron chi connectivity index (χ3n) is 3.44. The standard InChI is InChI=1S/C15H25N3O/c1-5-11(3)10-18(6-2)14-9-12(16)7-8-13(14)15(19)17-4/h7-9,11H,5-6,10,16H2,1-4H3,(H,17,19). The van der Waals surface area contributed by atoms with Gasteiger partial charge >= 0.3 is 0 Å². The Morgan fingerprint density at radius 2 is 2.11 bits per heavy atom. The van der Waals surface area contributed by atoms with Crippen LogP contribution < -0.4 is 16.0 Å². The number of nitrogen functional groups attached to an aromatic ring is 1. The highest BCUT2D eigenvalue weighted by Gasteiger charge is 2.16. The summed E-state index contributed by atoms with van der Waals surface area (Å²) < 4.78 is 0. The monoisotopic (exact) mass is 263 g/mol. The minimum absolute atomic E-state index is 0.0717. The Bertz CT molecular complexity index is 431. The molecule has 4 heteroatoms. The predicted molar refractivity (Wildman–Crippen MR) is 81.6 cm³/mol. The van der Waals surface area contributed by atoms with Crippen LogP contribution in [0.3, 0.4) is 0 Å². The van der Waals surface area contributed by atoms with Crippen molar-refractivity contribution in [3.8, 4) is 0 Å². The summed E-state index contributed by atoms with van der Waals surface area (Å²) in [6.07, 6.45) is 1.12. The molecule has 0 aliphatic rings. The molecule has 0 bridgehead atoms. The summed E-state index contributed by atoms with van der Waals surface area (Å²) in [5, 5.41) is 2.68. The van der Waals surface area contributed by atoms with Crippen molar-refractivity contribution in [2.45, 2.75) is 27.2 Å². The lowest BCUT2D eigenvalue weighted by atomic mass is 10.1. The Morgan fingerprint density at radius 1 is 1.42 bits per heavy atom. The topological polar surface area (TPSA) is 58.4 Å². The zero-order valence-corrected chi connectivity index (χ0v) is 12.4. The molecule has 1 amide bonds. The molecule has 1 unspecified atom stereocenters. The summed E-state index contributed by atoms with van der Waals surface area (Å²) in [5.41, 5.74) is 8.15. The molecule has 1 atom stereocenters. The van der Waals surface area contributed by atoms with E-state index in [9.17, 15) is 4.79 Å². The van der Waals surface area contributed by atoms with E-state index in [2.05, 4.69) is 31.0 Å². The van der Waals surface area contributed by atoms with E-state index in [1.165, 1.54) is 0 Å². The van der Waals surface area contributed by atoms with Crippen molar-refractivity contribution in [3.63, 3.8) is 0 Å². The van der Waals surface area contributed by atoms with Crippen LogP contribution in [0, 0.1) is 5.92 Å². The van der Waals surface area contributed by atoms with Crippen LogP contribution in [0.5, 0.6) is 0 Å². The average Bonchev–Trinajstić information content (AvgIpc) is 2.43. The van der Waals surface area contributed by atoms with Gasteiger partial charge in [0.25, 0.3) is 5.91 Å². The Labute approximate surface area is 116 Å².